The van der Waals surface area contributed by atoms with Crippen LogP contribution in [0.5, 0.6) is 23.0 Å². The average molecular weight is 669 g/mol. The van der Waals surface area contributed by atoms with E-state index in [9.17, 15) is 21.9 Å². The number of benzene rings is 4. The lowest BCUT2D eigenvalue weighted by atomic mass is 10.3. The highest BCUT2D eigenvalue weighted by Crippen LogP contribution is 2.27. The molecule has 0 fully saturated rings. The van der Waals surface area contributed by atoms with Crippen molar-refractivity contribution in [2.45, 2.75) is 78.4 Å². The van der Waals surface area contributed by atoms with Crippen LogP contribution in [0.25, 0.3) is 0 Å². The third kappa shape index (κ3) is 9.02. The predicted molar refractivity (Wildman–Crippen MR) is 174 cm³/mol. The molecule has 46 heavy (non-hydrogen) atoms. The van der Waals surface area contributed by atoms with E-state index in [4.69, 9.17) is 18.9 Å². The molecule has 4 aromatic carbocycles. The molecule has 1 N–H and O–H groups in total. The van der Waals surface area contributed by atoms with E-state index >= 15 is 0 Å². The number of ether oxygens (including phenoxy) is 4. The van der Waals surface area contributed by atoms with Gasteiger partial charge < -0.3 is 24.1 Å². The van der Waals surface area contributed by atoms with Crippen LogP contribution < -0.4 is 18.9 Å². The summed E-state index contributed by atoms with van der Waals surface area (Å²) in [6.45, 7) is 7.70. The molecule has 2 unspecified atom stereocenters. The van der Waals surface area contributed by atoms with Crippen LogP contribution in [-0.4, -0.2) is 53.5 Å². The molecule has 0 aliphatic rings. The number of aliphatic hydroxyl groups is 1. The molecular formula is C35H40O9S2. The van der Waals surface area contributed by atoms with Crippen molar-refractivity contribution in [3.63, 3.8) is 0 Å². The molecule has 4 aromatic rings. The van der Waals surface area contributed by atoms with Crippen LogP contribution in [0, 0.1) is 0 Å². The van der Waals surface area contributed by atoms with E-state index in [2.05, 4.69) is 0 Å². The second kappa shape index (κ2) is 15.5. The van der Waals surface area contributed by atoms with E-state index in [1.165, 1.54) is 72.8 Å². The van der Waals surface area contributed by atoms with Gasteiger partial charge in [0.25, 0.3) is 0 Å². The zero-order valence-electron chi connectivity index (χ0n) is 26.3. The summed E-state index contributed by atoms with van der Waals surface area (Å²) in [5, 5.41) is 10.4. The molecule has 0 saturated heterocycles. The average Bonchev–Trinajstić information content (AvgIpc) is 3.07. The first-order chi connectivity index (χ1) is 21.9. The standard InChI is InChI=1S/C35H40O9S2/c1-5-25(3)43-30-11-19-34(20-12-30)45(37,38)32-15-7-28(8-16-32)41-23-27(36)24-42-29-9-17-33(18-10-29)46(39,40)35-21-13-31(14-22-35)44-26(4)6-2/h7-22,25-27,36H,5-6,23-24H2,1-4H3. The molecule has 0 bridgehead atoms. The lowest BCUT2D eigenvalue weighted by molar-refractivity contribution is 0.0626. The third-order valence-corrected chi connectivity index (χ3v) is 10.8. The van der Waals surface area contributed by atoms with Crippen molar-refractivity contribution in [3.8, 4) is 23.0 Å². The van der Waals surface area contributed by atoms with Crippen LogP contribution in [0.15, 0.2) is 117 Å². The molecule has 0 saturated carbocycles. The van der Waals surface area contributed by atoms with Crippen LogP contribution in [0.1, 0.15) is 40.5 Å². The Hall–Kier alpha value is -4.06. The fourth-order valence-corrected chi connectivity index (χ4v) is 6.68. The van der Waals surface area contributed by atoms with Crippen LogP contribution in [-0.2, 0) is 19.7 Å². The maximum atomic E-state index is 13.0. The van der Waals surface area contributed by atoms with Gasteiger partial charge in [-0.15, -0.1) is 0 Å². The molecule has 4 rings (SSSR count). The smallest absolute Gasteiger partial charge is 0.206 e. The Balaban J connectivity index is 1.27. The van der Waals surface area contributed by atoms with Gasteiger partial charge in [-0.1, -0.05) is 13.8 Å². The maximum absolute atomic E-state index is 13.0. The van der Waals surface area contributed by atoms with Crippen molar-refractivity contribution in [2.24, 2.45) is 0 Å². The van der Waals surface area contributed by atoms with Crippen molar-refractivity contribution in [2.75, 3.05) is 13.2 Å². The molecule has 0 aliphatic heterocycles. The zero-order valence-corrected chi connectivity index (χ0v) is 28.0. The topological polar surface area (TPSA) is 125 Å². The normalized spacial score (nSPS) is 13.8. The molecule has 246 valence electrons. The van der Waals surface area contributed by atoms with Gasteiger partial charge in [0.05, 0.1) is 31.8 Å². The van der Waals surface area contributed by atoms with Crippen molar-refractivity contribution in [1.82, 2.24) is 0 Å². The predicted octanol–water partition coefficient (Wildman–Crippen LogP) is 6.53. The summed E-state index contributed by atoms with van der Waals surface area (Å²) in [5.41, 5.74) is 0. The Morgan fingerprint density at radius 3 is 1.02 bits per heavy atom. The van der Waals surface area contributed by atoms with E-state index < -0.39 is 25.8 Å². The summed E-state index contributed by atoms with van der Waals surface area (Å²) in [7, 11) is -7.47. The van der Waals surface area contributed by atoms with E-state index in [0.29, 0.717) is 23.0 Å². The highest BCUT2D eigenvalue weighted by Gasteiger charge is 2.20. The Kier molecular flexibility index (Phi) is 11.7. The first-order valence-electron chi connectivity index (χ1n) is 15.1. The lowest BCUT2D eigenvalue weighted by Crippen LogP contribution is -2.25. The summed E-state index contributed by atoms with van der Waals surface area (Å²) >= 11 is 0. The summed E-state index contributed by atoms with van der Waals surface area (Å²) in [5.74, 6) is 1.97. The SMILES string of the molecule is CCC(C)Oc1ccc(S(=O)(=O)c2ccc(OCC(O)COc3ccc(S(=O)(=O)c4ccc(OC(C)CC)cc4)cc3)cc2)cc1. The molecular weight excluding hydrogens is 629 g/mol. The largest absolute Gasteiger partial charge is 0.491 e. The van der Waals surface area contributed by atoms with Gasteiger partial charge in [0, 0.05) is 0 Å². The summed E-state index contributed by atoms with van der Waals surface area (Å²) in [6.07, 6.45) is 0.741. The van der Waals surface area contributed by atoms with Gasteiger partial charge in [-0.3, -0.25) is 0 Å². The molecule has 0 amide bonds. The van der Waals surface area contributed by atoms with Gasteiger partial charge in [-0.25, -0.2) is 16.8 Å². The van der Waals surface area contributed by atoms with Gasteiger partial charge in [0.15, 0.2) is 0 Å². The number of hydrogen-bond donors (Lipinski definition) is 1. The fourth-order valence-electron chi connectivity index (χ4n) is 4.16. The number of aliphatic hydroxyl groups excluding tert-OH is 1. The molecule has 0 spiro atoms. The van der Waals surface area contributed by atoms with E-state index in [0.717, 1.165) is 12.8 Å². The highest BCUT2D eigenvalue weighted by molar-refractivity contribution is 7.91. The zero-order chi connectivity index (χ0) is 33.3. The molecule has 9 nitrogen and oxygen atoms in total. The van der Waals surface area contributed by atoms with Crippen molar-refractivity contribution in [3.05, 3.63) is 97.1 Å². The molecule has 2 atom stereocenters. The van der Waals surface area contributed by atoms with Crippen molar-refractivity contribution < 1.29 is 40.9 Å². The van der Waals surface area contributed by atoms with Gasteiger partial charge >= 0.3 is 0 Å². The van der Waals surface area contributed by atoms with Crippen molar-refractivity contribution >= 4 is 19.7 Å². The summed E-state index contributed by atoms with van der Waals surface area (Å²) in [4.78, 5) is 0.518. The van der Waals surface area contributed by atoms with Gasteiger partial charge in [0.1, 0.15) is 42.3 Å². The van der Waals surface area contributed by atoms with E-state index in [1.807, 2.05) is 27.7 Å². The van der Waals surface area contributed by atoms with Crippen LogP contribution in [0.3, 0.4) is 0 Å². The Bertz CT molecular complexity index is 1620. The molecule has 0 aliphatic carbocycles. The Morgan fingerprint density at radius 2 is 0.761 bits per heavy atom. The Labute approximate surface area is 271 Å². The number of rotatable bonds is 16. The van der Waals surface area contributed by atoms with Crippen LogP contribution in [0.4, 0.5) is 0 Å². The minimum Gasteiger partial charge on any atom is -0.491 e. The minimum absolute atomic E-state index is 0.0306. The van der Waals surface area contributed by atoms with E-state index in [1.54, 1.807) is 24.3 Å². The number of sulfone groups is 2. The maximum Gasteiger partial charge on any atom is 0.206 e. The first-order valence-corrected chi connectivity index (χ1v) is 18.1. The van der Waals surface area contributed by atoms with Gasteiger partial charge in [-0.2, -0.15) is 0 Å². The molecule has 0 radical (unpaired) electrons. The van der Waals surface area contributed by atoms with Gasteiger partial charge in [0.2, 0.25) is 19.7 Å². The molecule has 0 aromatic heterocycles. The quantitative estimate of drug-likeness (QED) is 0.142. The molecule has 11 heteroatoms. The third-order valence-electron chi connectivity index (χ3n) is 7.25. The van der Waals surface area contributed by atoms with Gasteiger partial charge in [-0.05, 0) is 124 Å². The fraction of sp³-hybridized carbons (Fsp3) is 0.314. The number of hydrogen-bond acceptors (Lipinski definition) is 9. The van der Waals surface area contributed by atoms with Crippen LogP contribution >= 0.6 is 0 Å². The monoisotopic (exact) mass is 668 g/mol. The minimum atomic E-state index is -3.74. The lowest BCUT2D eigenvalue weighted by Gasteiger charge is -2.15. The first kappa shape index (κ1) is 34.8. The Morgan fingerprint density at radius 1 is 0.500 bits per heavy atom. The second-order valence-electron chi connectivity index (χ2n) is 10.8. The second-order valence-corrected chi connectivity index (χ2v) is 14.7. The van der Waals surface area contributed by atoms with E-state index in [-0.39, 0.29) is 45.0 Å². The summed E-state index contributed by atoms with van der Waals surface area (Å²) in [6, 6.07) is 24.5. The molecule has 0 heterocycles. The summed E-state index contributed by atoms with van der Waals surface area (Å²) < 4.78 is 74.9. The van der Waals surface area contributed by atoms with Crippen molar-refractivity contribution in [1.29, 1.82) is 0 Å². The highest BCUT2D eigenvalue weighted by atomic mass is 32.2. The van der Waals surface area contributed by atoms with Crippen LogP contribution in [0.2, 0.25) is 0 Å².